The molecule has 0 radical (unpaired) electrons. The van der Waals surface area contributed by atoms with Gasteiger partial charge in [-0.05, 0) is 44.3 Å². The monoisotopic (exact) mass is 354 g/mol. The maximum absolute atomic E-state index is 5.71. The molecule has 5 heteroatoms. The van der Waals surface area contributed by atoms with Crippen molar-refractivity contribution in [1.29, 1.82) is 0 Å². The summed E-state index contributed by atoms with van der Waals surface area (Å²) in [5.74, 6) is 1.69. The van der Waals surface area contributed by atoms with Crippen LogP contribution in [0.25, 0.3) is 0 Å². The van der Waals surface area contributed by atoms with Gasteiger partial charge in [0.15, 0.2) is 5.96 Å². The van der Waals surface area contributed by atoms with E-state index in [0.717, 1.165) is 24.8 Å². The molecule has 0 heterocycles. The molecule has 0 fully saturated rings. The summed E-state index contributed by atoms with van der Waals surface area (Å²) >= 11 is 0. The third kappa shape index (κ3) is 7.15. The molecule has 0 aliphatic carbocycles. The van der Waals surface area contributed by atoms with Crippen LogP contribution in [0.15, 0.2) is 59.6 Å². The summed E-state index contributed by atoms with van der Waals surface area (Å²) < 4.78 is 5.71. The molecule has 0 saturated heterocycles. The average Bonchev–Trinajstić information content (AvgIpc) is 2.64. The van der Waals surface area contributed by atoms with Crippen LogP contribution in [-0.2, 0) is 13.1 Å². The average molecular weight is 354 g/mol. The lowest BCUT2D eigenvalue weighted by Crippen LogP contribution is -2.39. The minimum Gasteiger partial charge on any atom is -0.492 e. The highest BCUT2D eigenvalue weighted by Crippen LogP contribution is 2.11. The van der Waals surface area contributed by atoms with E-state index in [1.54, 1.807) is 0 Å². The Hall–Kier alpha value is -2.53. The smallest absolute Gasteiger partial charge is 0.191 e. The molecule has 0 amide bonds. The van der Waals surface area contributed by atoms with E-state index in [1.807, 2.05) is 30.3 Å². The predicted octanol–water partition coefficient (Wildman–Crippen LogP) is 2.88. The van der Waals surface area contributed by atoms with Crippen LogP contribution in [-0.4, -0.2) is 44.7 Å². The van der Waals surface area contributed by atoms with Crippen LogP contribution in [0.2, 0.25) is 0 Å². The minimum atomic E-state index is 0.589. The summed E-state index contributed by atoms with van der Waals surface area (Å²) in [5.41, 5.74) is 2.56. The molecule has 5 nitrogen and oxygen atoms in total. The normalized spacial score (nSPS) is 11.5. The van der Waals surface area contributed by atoms with Crippen molar-refractivity contribution in [3.05, 3.63) is 65.7 Å². The van der Waals surface area contributed by atoms with Crippen LogP contribution in [0.4, 0.5) is 0 Å². The molecule has 2 N–H and O–H groups in total. The van der Waals surface area contributed by atoms with Gasteiger partial charge < -0.3 is 20.3 Å². The number of aliphatic imine (C=N–C) groups is 1. The molecule has 0 spiro atoms. The van der Waals surface area contributed by atoms with E-state index in [0.29, 0.717) is 19.7 Å². The van der Waals surface area contributed by atoms with Gasteiger partial charge in [0.2, 0.25) is 0 Å². The Bertz CT molecular complexity index is 671. The maximum Gasteiger partial charge on any atom is 0.191 e. The maximum atomic E-state index is 5.71. The number of nitrogens with one attached hydrogen (secondary N) is 2. The van der Waals surface area contributed by atoms with Gasteiger partial charge in [0, 0.05) is 13.1 Å². The van der Waals surface area contributed by atoms with Crippen molar-refractivity contribution in [2.75, 3.05) is 33.8 Å². The molecular weight excluding hydrogens is 324 g/mol. The van der Waals surface area contributed by atoms with E-state index in [1.165, 1.54) is 11.1 Å². The fourth-order valence-electron chi connectivity index (χ4n) is 2.57. The number of ether oxygens (including phenoxy) is 1. The molecule has 0 atom stereocenters. The quantitative estimate of drug-likeness (QED) is 0.413. The Morgan fingerprint density at radius 2 is 1.65 bits per heavy atom. The van der Waals surface area contributed by atoms with Gasteiger partial charge in [-0.2, -0.15) is 0 Å². The van der Waals surface area contributed by atoms with Crippen molar-refractivity contribution in [3.63, 3.8) is 0 Å². The van der Waals surface area contributed by atoms with Crippen molar-refractivity contribution in [2.24, 2.45) is 4.99 Å². The molecule has 0 aliphatic rings. The van der Waals surface area contributed by atoms with Crippen LogP contribution in [0.5, 0.6) is 5.75 Å². The minimum absolute atomic E-state index is 0.589. The van der Waals surface area contributed by atoms with E-state index >= 15 is 0 Å². The molecule has 0 aliphatic heterocycles. The van der Waals surface area contributed by atoms with Gasteiger partial charge in [-0.1, -0.05) is 42.5 Å². The lowest BCUT2D eigenvalue weighted by atomic mass is 10.1. The number of hydrogen-bond donors (Lipinski definition) is 2. The first kappa shape index (κ1) is 19.8. The second kappa shape index (κ2) is 11.2. The van der Waals surface area contributed by atoms with Gasteiger partial charge in [-0.15, -0.1) is 0 Å². The van der Waals surface area contributed by atoms with Crippen LogP contribution in [0, 0.1) is 0 Å². The third-order valence-corrected chi connectivity index (χ3v) is 3.76. The molecule has 0 bridgehead atoms. The zero-order valence-corrected chi connectivity index (χ0v) is 16.0. The lowest BCUT2D eigenvalue weighted by molar-refractivity contribution is 0.322. The van der Waals surface area contributed by atoms with Crippen LogP contribution >= 0.6 is 0 Å². The number of benzene rings is 2. The Kier molecular flexibility index (Phi) is 8.49. The SMILES string of the molecule is CCNC(=NCc1ccccc1CN(C)C)NCCOc1ccccc1. The second-order valence-corrected chi connectivity index (χ2v) is 6.29. The van der Waals surface area contributed by atoms with E-state index in [2.05, 4.69) is 60.8 Å². The van der Waals surface area contributed by atoms with Crippen LogP contribution < -0.4 is 15.4 Å². The summed E-state index contributed by atoms with van der Waals surface area (Å²) in [5, 5.41) is 6.61. The van der Waals surface area contributed by atoms with Crippen LogP contribution in [0.1, 0.15) is 18.1 Å². The Morgan fingerprint density at radius 3 is 2.35 bits per heavy atom. The molecular formula is C21H30N4O. The Morgan fingerprint density at radius 1 is 0.962 bits per heavy atom. The lowest BCUT2D eigenvalue weighted by Gasteiger charge is -2.15. The number of rotatable bonds is 9. The molecule has 2 aromatic carbocycles. The highest BCUT2D eigenvalue weighted by Gasteiger charge is 2.03. The molecule has 140 valence electrons. The van der Waals surface area contributed by atoms with Gasteiger partial charge >= 0.3 is 0 Å². The molecule has 0 aromatic heterocycles. The van der Waals surface area contributed by atoms with Crippen molar-refractivity contribution in [1.82, 2.24) is 15.5 Å². The highest BCUT2D eigenvalue weighted by atomic mass is 16.5. The van der Waals surface area contributed by atoms with Crippen LogP contribution in [0.3, 0.4) is 0 Å². The standard InChI is InChI=1S/C21H30N4O/c1-4-22-21(23-14-15-26-20-12-6-5-7-13-20)24-16-18-10-8-9-11-19(18)17-25(2)3/h5-13H,4,14-17H2,1-3H3,(H2,22,23,24). The van der Waals surface area contributed by atoms with E-state index in [9.17, 15) is 0 Å². The topological polar surface area (TPSA) is 48.9 Å². The fraction of sp³-hybridized carbons (Fsp3) is 0.381. The van der Waals surface area contributed by atoms with E-state index in [4.69, 9.17) is 9.73 Å². The first-order valence-electron chi connectivity index (χ1n) is 9.10. The predicted molar refractivity (Wildman–Crippen MR) is 109 cm³/mol. The van der Waals surface area contributed by atoms with Gasteiger partial charge in [-0.25, -0.2) is 4.99 Å². The largest absolute Gasteiger partial charge is 0.492 e. The van der Waals surface area contributed by atoms with Crippen molar-refractivity contribution in [3.8, 4) is 5.75 Å². The van der Waals surface area contributed by atoms with Gasteiger partial charge in [0.05, 0.1) is 13.1 Å². The molecule has 0 unspecified atom stereocenters. The Labute approximate surface area is 157 Å². The van der Waals surface area contributed by atoms with Crippen molar-refractivity contribution < 1.29 is 4.74 Å². The van der Waals surface area contributed by atoms with Gasteiger partial charge in [0.25, 0.3) is 0 Å². The fourth-order valence-corrected chi connectivity index (χ4v) is 2.57. The number of para-hydroxylation sites is 1. The van der Waals surface area contributed by atoms with Crippen molar-refractivity contribution >= 4 is 5.96 Å². The Balaban J connectivity index is 1.88. The molecule has 2 aromatic rings. The van der Waals surface area contributed by atoms with Gasteiger partial charge in [0.1, 0.15) is 12.4 Å². The second-order valence-electron chi connectivity index (χ2n) is 6.29. The summed E-state index contributed by atoms with van der Waals surface area (Å²) in [6.07, 6.45) is 0. The summed E-state index contributed by atoms with van der Waals surface area (Å²) in [7, 11) is 4.16. The first-order chi connectivity index (χ1) is 12.7. The van der Waals surface area contributed by atoms with Gasteiger partial charge in [-0.3, -0.25) is 0 Å². The molecule has 26 heavy (non-hydrogen) atoms. The highest BCUT2D eigenvalue weighted by molar-refractivity contribution is 5.79. The van der Waals surface area contributed by atoms with E-state index in [-0.39, 0.29) is 0 Å². The number of hydrogen-bond acceptors (Lipinski definition) is 3. The molecule has 2 rings (SSSR count). The zero-order valence-electron chi connectivity index (χ0n) is 16.0. The zero-order chi connectivity index (χ0) is 18.6. The summed E-state index contributed by atoms with van der Waals surface area (Å²) in [6.45, 7) is 5.74. The summed E-state index contributed by atoms with van der Waals surface area (Å²) in [6, 6.07) is 18.3. The number of nitrogens with zero attached hydrogens (tertiary/aromatic N) is 2. The number of guanidine groups is 1. The molecule has 0 saturated carbocycles. The third-order valence-electron chi connectivity index (χ3n) is 3.76. The first-order valence-corrected chi connectivity index (χ1v) is 9.10. The van der Waals surface area contributed by atoms with Crippen molar-refractivity contribution in [2.45, 2.75) is 20.0 Å². The van der Waals surface area contributed by atoms with E-state index < -0.39 is 0 Å². The summed E-state index contributed by atoms with van der Waals surface area (Å²) in [4.78, 5) is 6.89.